The van der Waals surface area contributed by atoms with Crippen molar-refractivity contribution < 1.29 is 14.7 Å². The second-order valence-electron chi connectivity index (χ2n) is 2.95. The van der Waals surface area contributed by atoms with Crippen molar-refractivity contribution in [1.82, 2.24) is 5.32 Å². The molecule has 0 atom stereocenters. The van der Waals surface area contributed by atoms with Gasteiger partial charge in [-0.2, -0.15) is 0 Å². The molecule has 0 saturated carbocycles. The second-order valence-corrected chi connectivity index (χ2v) is 5.57. The summed E-state index contributed by atoms with van der Waals surface area (Å²) in [7, 11) is 0. The Morgan fingerprint density at radius 3 is 2.18 bits per heavy atom. The van der Waals surface area contributed by atoms with E-state index in [9.17, 15) is 9.59 Å². The molecule has 0 saturated heterocycles. The quantitative estimate of drug-likeness (QED) is 0.689. The first kappa shape index (κ1) is 14.5. The van der Waals surface area contributed by atoms with Gasteiger partial charge in [-0.25, -0.2) is 4.79 Å². The molecule has 0 heterocycles. The Morgan fingerprint density at radius 1 is 1.18 bits per heavy atom. The van der Waals surface area contributed by atoms with E-state index in [0.717, 1.165) is 4.47 Å². The summed E-state index contributed by atoms with van der Waals surface area (Å²) in [6, 6.07) is 2.94. The van der Waals surface area contributed by atoms with Crippen LogP contribution in [0, 0.1) is 0 Å². The SMILES string of the molecule is O=C(O)CNC(=O)Nc1c(Br)cc(Br)cc1Br. The fourth-order valence-corrected chi connectivity index (χ4v) is 3.43. The number of carboxylic acids is 1. The number of aliphatic carboxylic acids is 1. The van der Waals surface area contributed by atoms with E-state index in [4.69, 9.17) is 5.11 Å². The zero-order valence-corrected chi connectivity index (χ0v) is 13.0. The fourth-order valence-electron chi connectivity index (χ4n) is 0.975. The van der Waals surface area contributed by atoms with Crippen molar-refractivity contribution in [3.05, 3.63) is 25.6 Å². The Balaban J connectivity index is 2.75. The molecule has 17 heavy (non-hydrogen) atoms. The summed E-state index contributed by atoms with van der Waals surface area (Å²) in [6.07, 6.45) is 0. The Hall–Kier alpha value is -0.600. The van der Waals surface area contributed by atoms with Gasteiger partial charge in [0.25, 0.3) is 0 Å². The minimum Gasteiger partial charge on any atom is -0.480 e. The van der Waals surface area contributed by atoms with Crippen molar-refractivity contribution in [2.24, 2.45) is 0 Å². The van der Waals surface area contributed by atoms with Gasteiger partial charge in [-0.05, 0) is 44.0 Å². The third-order valence-corrected chi connectivity index (χ3v) is 3.35. The molecule has 0 aromatic heterocycles. The third-order valence-electron chi connectivity index (χ3n) is 1.65. The summed E-state index contributed by atoms with van der Waals surface area (Å²) in [6.45, 7) is -0.433. The van der Waals surface area contributed by atoms with Crippen molar-refractivity contribution in [2.45, 2.75) is 0 Å². The zero-order valence-electron chi connectivity index (χ0n) is 8.26. The smallest absolute Gasteiger partial charge is 0.323 e. The molecule has 0 radical (unpaired) electrons. The Morgan fingerprint density at radius 2 is 1.71 bits per heavy atom. The molecular weight excluding hydrogens is 424 g/mol. The average Bonchev–Trinajstić information content (AvgIpc) is 2.20. The van der Waals surface area contributed by atoms with Gasteiger partial charge >= 0.3 is 12.0 Å². The van der Waals surface area contributed by atoms with Crippen LogP contribution in [0.5, 0.6) is 0 Å². The summed E-state index contributed by atoms with van der Waals surface area (Å²) in [4.78, 5) is 21.6. The lowest BCUT2D eigenvalue weighted by atomic mass is 10.3. The number of hydrogen-bond acceptors (Lipinski definition) is 2. The molecule has 1 aromatic rings. The van der Waals surface area contributed by atoms with E-state index in [1.807, 2.05) is 0 Å². The van der Waals surface area contributed by atoms with E-state index in [2.05, 4.69) is 58.4 Å². The molecule has 3 N–H and O–H groups in total. The lowest BCUT2D eigenvalue weighted by Crippen LogP contribution is -2.33. The number of rotatable bonds is 3. The summed E-state index contributed by atoms with van der Waals surface area (Å²) < 4.78 is 2.18. The molecule has 0 unspecified atom stereocenters. The van der Waals surface area contributed by atoms with Crippen LogP contribution in [-0.2, 0) is 4.79 Å². The van der Waals surface area contributed by atoms with Gasteiger partial charge in [-0.1, -0.05) is 15.9 Å². The van der Waals surface area contributed by atoms with Gasteiger partial charge in [0.2, 0.25) is 0 Å². The van der Waals surface area contributed by atoms with Gasteiger partial charge in [0.05, 0.1) is 5.69 Å². The van der Waals surface area contributed by atoms with Gasteiger partial charge in [0, 0.05) is 13.4 Å². The van der Waals surface area contributed by atoms with Crippen molar-refractivity contribution in [1.29, 1.82) is 0 Å². The highest BCUT2D eigenvalue weighted by atomic mass is 79.9. The summed E-state index contributed by atoms with van der Waals surface area (Å²) in [5, 5.41) is 13.1. The third kappa shape index (κ3) is 4.64. The molecule has 0 bridgehead atoms. The molecule has 0 aliphatic heterocycles. The fraction of sp³-hybridized carbons (Fsp3) is 0.111. The largest absolute Gasteiger partial charge is 0.480 e. The number of nitrogens with one attached hydrogen (secondary N) is 2. The maximum atomic E-state index is 11.4. The van der Waals surface area contributed by atoms with E-state index >= 15 is 0 Å². The van der Waals surface area contributed by atoms with Crippen molar-refractivity contribution in [3.63, 3.8) is 0 Å². The molecule has 0 fully saturated rings. The number of carbonyl (C=O) groups excluding carboxylic acids is 1. The maximum Gasteiger partial charge on any atom is 0.323 e. The predicted octanol–water partition coefficient (Wildman–Crippen LogP) is 3.18. The van der Waals surface area contributed by atoms with Crippen LogP contribution >= 0.6 is 47.8 Å². The number of anilines is 1. The van der Waals surface area contributed by atoms with Crippen LogP contribution in [0.1, 0.15) is 0 Å². The van der Waals surface area contributed by atoms with E-state index in [-0.39, 0.29) is 0 Å². The molecular formula is C9H7Br3N2O3. The van der Waals surface area contributed by atoms with E-state index in [0.29, 0.717) is 14.6 Å². The Kier molecular flexibility index (Phi) is 5.41. The standard InChI is InChI=1S/C9H7Br3N2O3/c10-4-1-5(11)8(6(12)2-4)14-9(17)13-3-7(15)16/h1-2H,3H2,(H,15,16)(H2,13,14,17). The van der Waals surface area contributed by atoms with E-state index in [1.54, 1.807) is 12.1 Å². The monoisotopic (exact) mass is 428 g/mol. The molecule has 0 aliphatic carbocycles. The highest BCUT2D eigenvalue weighted by Gasteiger charge is 2.10. The highest BCUT2D eigenvalue weighted by molar-refractivity contribution is 9.11. The molecule has 0 spiro atoms. The highest BCUT2D eigenvalue weighted by Crippen LogP contribution is 2.34. The molecule has 8 heteroatoms. The number of benzene rings is 1. The van der Waals surface area contributed by atoms with E-state index in [1.165, 1.54) is 0 Å². The summed E-state index contributed by atoms with van der Waals surface area (Å²) >= 11 is 9.87. The molecule has 2 amide bonds. The van der Waals surface area contributed by atoms with Gasteiger partial charge in [-0.3, -0.25) is 4.79 Å². The first-order valence-electron chi connectivity index (χ1n) is 4.31. The van der Waals surface area contributed by atoms with Crippen molar-refractivity contribution >= 4 is 65.5 Å². The van der Waals surface area contributed by atoms with Crippen molar-refractivity contribution in [2.75, 3.05) is 11.9 Å². The number of carboxylic acid groups (broad SMARTS) is 1. The Labute approximate surface area is 122 Å². The van der Waals surface area contributed by atoms with Gasteiger partial charge in [-0.15, -0.1) is 0 Å². The number of carbonyl (C=O) groups is 2. The minimum absolute atomic E-state index is 0.433. The average molecular weight is 431 g/mol. The number of urea groups is 1. The topological polar surface area (TPSA) is 78.4 Å². The second kappa shape index (κ2) is 6.36. The summed E-state index contributed by atoms with van der Waals surface area (Å²) in [5.41, 5.74) is 0.524. The molecule has 5 nitrogen and oxygen atoms in total. The van der Waals surface area contributed by atoms with Crippen LogP contribution in [-0.4, -0.2) is 23.7 Å². The first-order chi connectivity index (χ1) is 7.90. The van der Waals surface area contributed by atoms with Crippen LogP contribution in [0.15, 0.2) is 25.6 Å². The number of hydrogen-bond donors (Lipinski definition) is 3. The number of halogens is 3. The molecule has 92 valence electrons. The first-order valence-corrected chi connectivity index (χ1v) is 6.69. The Bertz CT molecular complexity index is 442. The number of amides is 2. The van der Waals surface area contributed by atoms with Crippen LogP contribution in [0.2, 0.25) is 0 Å². The molecule has 1 aromatic carbocycles. The van der Waals surface area contributed by atoms with Gasteiger partial charge in [0.15, 0.2) is 0 Å². The van der Waals surface area contributed by atoms with Crippen LogP contribution < -0.4 is 10.6 Å². The van der Waals surface area contributed by atoms with Crippen LogP contribution in [0.3, 0.4) is 0 Å². The lowest BCUT2D eigenvalue weighted by molar-refractivity contribution is -0.135. The maximum absolute atomic E-state index is 11.4. The van der Waals surface area contributed by atoms with Crippen LogP contribution in [0.4, 0.5) is 10.5 Å². The van der Waals surface area contributed by atoms with Crippen LogP contribution in [0.25, 0.3) is 0 Å². The lowest BCUT2D eigenvalue weighted by Gasteiger charge is -2.10. The zero-order chi connectivity index (χ0) is 13.0. The normalized spacial score (nSPS) is 9.82. The van der Waals surface area contributed by atoms with E-state index < -0.39 is 18.5 Å². The van der Waals surface area contributed by atoms with Gasteiger partial charge in [0.1, 0.15) is 6.54 Å². The van der Waals surface area contributed by atoms with Gasteiger partial charge < -0.3 is 15.7 Å². The molecule has 1 rings (SSSR count). The minimum atomic E-state index is -1.10. The van der Waals surface area contributed by atoms with Crippen molar-refractivity contribution in [3.8, 4) is 0 Å². The predicted molar refractivity (Wildman–Crippen MR) is 74.2 cm³/mol. The molecule has 0 aliphatic rings. The summed E-state index contributed by atoms with van der Waals surface area (Å²) in [5.74, 6) is -1.10.